The van der Waals surface area contributed by atoms with Gasteiger partial charge in [0.2, 0.25) is 0 Å². The first-order chi connectivity index (χ1) is 10.5. The van der Waals surface area contributed by atoms with E-state index < -0.39 is 11.8 Å². The molecule has 1 heterocycles. The zero-order chi connectivity index (χ0) is 15.9. The summed E-state index contributed by atoms with van der Waals surface area (Å²) in [4.78, 5) is 16.4. The number of ether oxygens (including phenoxy) is 1. The smallest absolute Gasteiger partial charge is 0.341 e. The van der Waals surface area contributed by atoms with Crippen LogP contribution in [0.1, 0.15) is 48.7 Å². The van der Waals surface area contributed by atoms with Gasteiger partial charge in [0.15, 0.2) is 5.16 Å². The Kier molecular flexibility index (Phi) is 3.95. The van der Waals surface area contributed by atoms with Crippen molar-refractivity contribution in [3.8, 4) is 5.69 Å². The summed E-state index contributed by atoms with van der Waals surface area (Å²) in [7, 11) is 0. The van der Waals surface area contributed by atoms with E-state index >= 15 is 0 Å². The van der Waals surface area contributed by atoms with Gasteiger partial charge in [-0.2, -0.15) is 0 Å². The fourth-order valence-corrected chi connectivity index (χ4v) is 2.54. The molecule has 1 fully saturated rings. The summed E-state index contributed by atoms with van der Waals surface area (Å²) in [5, 5.41) is 0.525. The number of hydrogen-bond donors (Lipinski definition) is 1. The second kappa shape index (κ2) is 5.76. The van der Waals surface area contributed by atoms with E-state index in [0.717, 1.165) is 18.5 Å². The molecule has 2 aromatic rings. The monoisotopic (exact) mass is 320 g/mol. The summed E-state index contributed by atoms with van der Waals surface area (Å²) in [6.07, 6.45) is 3.87. The summed E-state index contributed by atoms with van der Waals surface area (Å²) in [6, 6.07) is 4.33. The minimum Gasteiger partial charge on any atom is -0.459 e. The van der Waals surface area contributed by atoms with Crippen molar-refractivity contribution in [1.29, 1.82) is 0 Å². The maximum Gasteiger partial charge on any atom is 0.341 e. The van der Waals surface area contributed by atoms with Crippen molar-refractivity contribution in [2.75, 3.05) is 0 Å². The van der Waals surface area contributed by atoms with E-state index in [1.165, 1.54) is 12.1 Å². The van der Waals surface area contributed by atoms with E-state index in [1.807, 2.05) is 6.20 Å². The molecule has 0 aliphatic heterocycles. The van der Waals surface area contributed by atoms with E-state index in [1.54, 1.807) is 24.5 Å². The molecule has 0 N–H and O–H groups in total. The Morgan fingerprint density at radius 3 is 2.82 bits per heavy atom. The Labute approximate surface area is 133 Å². The molecule has 116 valence electrons. The molecule has 0 saturated heterocycles. The highest BCUT2D eigenvalue weighted by atomic mass is 32.1. The summed E-state index contributed by atoms with van der Waals surface area (Å²) in [6.45, 7) is 3.45. The molecule has 0 amide bonds. The first-order valence-corrected chi connectivity index (χ1v) is 7.69. The lowest BCUT2D eigenvalue weighted by molar-refractivity contribution is 0.0372. The maximum atomic E-state index is 13.9. The van der Waals surface area contributed by atoms with Crippen molar-refractivity contribution < 1.29 is 13.9 Å². The van der Waals surface area contributed by atoms with Crippen LogP contribution in [-0.4, -0.2) is 21.6 Å². The molecule has 1 aliphatic rings. The highest BCUT2D eigenvalue weighted by Crippen LogP contribution is 2.40. The minimum atomic E-state index is -0.669. The molecule has 1 aromatic carbocycles. The normalized spacial score (nSPS) is 14.4. The Morgan fingerprint density at radius 2 is 2.18 bits per heavy atom. The average Bonchev–Trinajstić information content (AvgIpc) is 3.22. The molecule has 4 nitrogen and oxygen atoms in total. The maximum absolute atomic E-state index is 13.9. The molecule has 6 heteroatoms. The molecule has 0 spiro atoms. The van der Waals surface area contributed by atoms with Crippen LogP contribution in [0.3, 0.4) is 0 Å². The predicted octanol–water partition coefficient (Wildman–Crippen LogP) is 3.74. The number of nitrogens with zero attached hydrogens (tertiary/aromatic N) is 2. The van der Waals surface area contributed by atoms with Crippen molar-refractivity contribution in [2.24, 2.45) is 0 Å². The number of imidazole rings is 1. The highest BCUT2D eigenvalue weighted by Gasteiger charge is 2.27. The van der Waals surface area contributed by atoms with E-state index in [9.17, 15) is 9.18 Å². The van der Waals surface area contributed by atoms with Crippen LogP contribution in [0.2, 0.25) is 0 Å². The molecule has 1 aliphatic carbocycles. The van der Waals surface area contributed by atoms with Crippen LogP contribution in [0, 0.1) is 5.82 Å². The van der Waals surface area contributed by atoms with Gasteiger partial charge in [0, 0.05) is 17.8 Å². The lowest BCUT2D eigenvalue weighted by Gasteiger charge is -2.10. The first-order valence-electron chi connectivity index (χ1n) is 7.25. The first kappa shape index (κ1) is 15.1. The number of thiol groups is 1. The molecule has 0 atom stereocenters. The zero-order valence-electron chi connectivity index (χ0n) is 12.4. The topological polar surface area (TPSA) is 44.1 Å². The van der Waals surface area contributed by atoms with E-state index in [2.05, 4.69) is 17.6 Å². The second-order valence-corrected chi connectivity index (χ2v) is 6.13. The van der Waals surface area contributed by atoms with Crippen molar-refractivity contribution >= 4 is 18.6 Å². The number of halogens is 1. The second-order valence-electron chi connectivity index (χ2n) is 5.73. The summed E-state index contributed by atoms with van der Waals surface area (Å²) >= 11 is 4.36. The van der Waals surface area contributed by atoms with Gasteiger partial charge in [-0.25, -0.2) is 14.2 Å². The molecule has 0 bridgehead atoms. The predicted molar refractivity (Wildman–Crippen MR) is 83.3 cm³/mol. The average molecular weight is 320 g/mol. The Morgan fingerprint density at radius 1 is 1.45 bits per heavy atom. The molecular formula is C16H17FN2O2S. The van der Waals surface area contributed by atoms with Crippen LogP contribution in [0.15, 0.2) is 29.6 Å². The van der Waals surface area contributed by atoms with Crippen molar-refractivity contribution in [1.82, 2.24) is 9.55 Å². The number of rotatable bonds is 4. The van der Waals surface area contributed by atoms with Crippen LogP contribution in [0.4, 0.5) is 4.39 Å². The van der Waals surface area contributed by atoms with Crippen LogP contribution >= 0.6 is 12.6 Å². The van der Waals surface area contributed by atoms with Gasteiger partial charge in [0.1, 0.15) is 5.82 Å². The molecule has 3 rings (SSSR count). The molecule has 1 aromatic heterocycles. The number of carbonyl (C=O) groups excluding carboxylic acids is 1. The number of benzene rings is 1. The van der Waals surface area contributed by atoms with Gasteiger partial charge in [-0.1, -0.05) is 0 Å². The summed E-state index contributed by atoms with van der Waals surface area (Å²) in [5.74, 6) is -0.770. The largest absolute Gasteiger partial charge is 0.459 e. The summed E-state index contributed by atoms with van der Waals surface area (Å²) in [5.41, 5.74) is 1.54. The van der Waals surface area contributed by atoms with E-state index in [-0.39, 0.29) is 11.7 Å². The molecule has 0 radical (unpaired) electrons. The van der Waals surface area contributed by atoms with Gasteiger partial charge in [-0.3, -0.25) is 4.57 Å². The summed E-state index contributed by atoms with van der Waals surface area (Å²) < 4.78 is 20.7. The van der Waals surface area contributed by atoms with Gasteiger partial charge < -0.3 is 4.74 Å². The highest BCUT2D eigenvalue weighted by molar-refractivity contribution is 7.80. The lowest BCUT2D eigenvalue weighted by atomic mass is 10.2. The van der Waals surface area contributed by atoms with Crippen LogP contribution in [0.25, 0.3) is 5.69 Å². The van der Waals surface area contributed by atoms with Crippen LogP contribution in [-0.2, 0) is 4.74 Å². The Bertz CT molecular complexity index is 723. The van der Waals surface area contributed by atoms with Gasteiger partial charge in [0.05, 0.1) is 17.4 Å². The van der Waals surface area contributed by atoms with Crippen molar-refractivity contribution in [2.45, 2.75) is 43.9 Å². The van der Waals surface area contributed by atoms with Gasteiger partial charge in [-0.15, -0.1) is 12.6 Å². The third kappa shape index (κ3) is 3.02. The third-order valence-corrected chi connectivity index (χ3v) is 3.81. The van der Waals surface area contributed by atoms with E-state index in [0.29, 0.717) is 16.8 Å². The van der Waals surface area contributed by atoms with Crippen molar-refractivity contribution in [3.05, 3.63) is 41.5 Å². The number of carbonyl (C=O) groups is 1. The SMILES string of the molecule is CC(C)OC(=O)c1cc(-n2cc(C3CC3)nc2S)ccc1F. The fourth-order valence-electron chi connectivity index (χ4n) is 2.25. The number of esters is 1. The van der Waals surface area contributed by atoms with Gasteiger partial charge in [-0.05, 0) is 44.9 Å². The van der Waals surface area contributed by atoms with Gasteiger partial charge >= 0.3 is 5.97 Å². The third-order valence-electron chi connectivity index (χ3n) is 3.49. The molecular weight excluding hydrogens is 303 g/mol. The van der Waals surface area contributed by atoms with Crippen LogP contribution in [0.5, 0.6) is 0 Å². The van der Waals surface area contributed by atoms with E-state index in [4.69, 9.17) is 4.74 Å². The molecule has 1 saturated carbocycles. The molecule has 22 heavy (non-hydrogen) atoms. The lowest BCUT2D eigenvalue weighted by Crippen LogP contribution is -2.13. The van der Waals surface area contributed by atoms with Crippen molar-refractivity contribution in [3.63, 3.8) is 0 Å². The Balaban J connectivity index is 1.96. The zero-order valence-corrected chi connectivity index (χ0v) is 13.3. The number of aromatic nitrogens is 2. The fraction of sp³-hybridized carbons (Fsp3) is 0.375. The minimum absolute atomic E-state index is 0.0828. The molecule has 0 unspecified atom stereocenters. The van der Waals surface area contributed by atoms with Crippen LogP contribution < -0.4 is 0 Å². The van der Waals surface area contributed by atoms with Gasteiger partial charge in [0.25, 0.3) is 0 Å². The Hall–Kier alpha value is -1.82. The number of hydrogen-bond acceptors (Lipinski definition) is 4. The quantitative estimate of drug-likeness (QED) is 0.689. The standard InChI is InChI=1S/C16H17FN2O2S/c1-9(2)21-15(20)12-7-11(5-6-13(12)17)19-8-14(10-3-4-10)18-16(19)22/h5-10H,3-4H2,1-2H3,(H,18,22).